The predicted octanol–water partition coefficient (Wildman–Crippen LogP) is 3.32. The normalized spacial score (nSPS) is 13.1. The van der Waals surface area contributed by atoms with E-state index in [9.17, 15) is 0 Å². The fraction of sp³-hybridized carbons (Fsp3) is 0.154. The van der Waals surface area contributed by atoms with Crippen LogP contribution in [0.2, 0.25) is 0 Å². The molecule has 0 amide bonds. The second-order valence-electron chi connectivity index (χ2n) is 3.48. The van der Waals surface area contributed by atoms with Crippen molar-refractivity contribution in [3.63, 3.8) is 0 Å². The summed E-state index contributed by atoms with van der Waals surface area (Å²) in [6, 6.07) is 6.29. The van der Waals surface area contributed by atoms with Crippen LogP contribution in [0.1, 0.15) is 11.1 Å². The van der Waals surface area contributed by atoms with E-state index in [1.807, 2.05) is 18.2 Å². The molecule has 0 spiro atoms. The van der Waals surface area contributed by atoms with Gasteiger partial charge in [-0.05, 0) is 37.1 Å². The molecule has 0 radical (unpaired) electrons. The van der Waals surface area contributed by atoms with Gasteiger partial charge in [0.2, 0.25) is 0 Å². The molecule has 1 aromatic carbocycles. The number of hydrogen-bond acceptors (Lipinski definition) is 1. The number of para-hydroxylation sites is 1. The lowest BCUT2D eigenvalue weighted by molar-refractivity contribution is 1.34. The zero-order chi connectivity index (χ0) is 9.97. The van der Waals surface area contributed by atoms with Crippen molar-refractivity contribution >= 4 is 5.69 Å². The van der Waals surface area contributed by atoms with Gasteiger partial charge in [-0.25, -0.2) is 0 Å². The fourth-order valence-electron chi connectivity index (χ4n) is 1.55. The van der Waals surface area contributed by atoms with E-state index >= 15 is 0 Å². The lowest BCUT2D eigenvalue weighted by Gasteiger charge is -2.11. The number of benzene rings is 1. The van der Waals surface area contributed by atoms with E-state index < -0.39 is 0 Å². The summed E-state index contributed by atoms with van der Waals surface area (Å²) in [6.07, 6.45) is 5.91. The van der Waals surface area contributed by atoms with Crippen LogP contribution < -0.4 is 5.32 Å². The van der Waals surface area contributed by atoms with Crippen LogP contribution >= 0.6 is 0 Å². The molecule has 2 rings (SSSR count). The Morgan fingerprint density at radius 2 is 1.86 bits per heavy atom. The average molecular weight is 183 g/mol. The second kappa shape index (κ2) is 3.57. The highest BCUT2D eigenvalue weighted by atomic mass is 14.9. The summed E-state index contributed by atoms with van der Waals surface area (Å²) in [5, 5.41) is 3.36. The van der Waals surface area contributed by atoms with E-state index in [4.69, 9.17) is 0 Å². The first-order valence-electron chi connectivity index (χ1n) is 4.74. The van der Waals surface area contributed by atoms with Crippen molar-refractivity contribution in [3.05, 3.63) is 59.0 Å². The Bertz CT molecular complexity index is 426. The van der Waals surface area contributed by atoms with Gasteiger partial charge in [-0.15, -0.1) is 0 Å². The van der Waals surface area contributed by atoms with Gasteiger partial charge in [0.1, 0.15) is 0 Å². The van der Waals surface area contributed by atoms with Crippen molar-refractivity contribution in [2.24, 2.45) is 0 Å². The van der Waals surface area contributed by atoms with Gasteiger partial charge in [0.25, 0.3) is 0 Å². The van der Waals surface area contributed by atoms with Crippen molar-refractivity contribution < 1.29 is 0 Å². The molecule has 1 aliphatic carbocycles. The Labute approximate surface area is 84.5 Å². The van der Waals surface area contributed by atoms with E-state index in [1.54, 1.807) is 0 Å². The standard InChI is InChI=1S/C13H13N/c1-10-6-5-7-11(2)13(10)14-12-8-3-4-9-12/h3-8,14H,1-2H3. The molecule has 0 aromatic heterocycles. The Morgan fingerprint density at radius 1 is 1.14 bits per heavy atom. The van der Waals surface area contributed by atoms with Crippen LogP contribution in [0.3, 0.4) is 0 Å². The molecule has 0 atom stereocenters. The highest BCUT2D eigenvalue weighted by Gasteiger charge is 2.02. The summed E-state index contributed by atoms with van der Waals surface area (Å²) in [5.41, 5.74) is 7.88. The molecule has 0 fully saturated rings. The summed E-state index contributed by atoms with van der Waals surface area (Å²) in [6.45, 7) is 4.22. The van der Waals surface area contributed by atoms with Gasteiger partial charge in [0.15, 0.2) is 0 Å². The minimum Gasteiger partial charge on any atom is -0.349 e. The number of rotatable bonds is 2. The highest BCUT2D eigenvalue weighted by molar-refractivity contribution is 5.61. The SMILES string of the molecule is Cc1cccc(C)c1NC1=C=CC=C1. The fourth-order valence-corrected chi connectivity index (χ4v) is 1.55. The number of hydrogen-bond donors (Lipinski definition) is 1. The number of allylic oxidation sites excluding steroid dienone is 2. The van der Waals surface area contributed by atoms with Gasteiger partial charge in [-0.2, -0.15) is 0 Å². The van der Waals surface area contributed by atoms with E-state index in [0.29, 0.717) is 0 Å². The molecule has 0 saturated heterocycles. The zero-order valence-electron chi connectivity index (χ0n) is 8.46. The molecule has 1 N–H and O–H groups in total. The predicted molar refractivity (Wildman–Crippen MR) is 60.3 cm³/mol. The highest BCUT2D eigenvalue weighted by Crippen LogP contribution is 2.21. The first kappa shape index (κ1) is 8.86. The first-order valence-corrected chi connectivity index (χ1v) is 4.74. The Kier molecular flexibility index (Phi) is 2.26. The lowest BCUT2D eigenvalue weighted by Crippen LogP contribution is -1.99. The maximum Gasteiger partial charge on any atom is 0.0818 e. The molecule has 1 aromatic rings. The average Bonchev–Trinajstić information content (AvgIpc) is 2.64. The lowest BCUT2D eigenvalue weighted by atomic mass is 10.1. The van der Waals surface area contributed by atoms with E-state index in [1.165, 1.54) is 16.8 Å². The van der Waals surface area contributed by atoms with Crippen LogP contribution in [0.5, 0.6) is 0 Å². The number of aryl methyl sites for hydroxylation is 2. The molecule has 70 valence electrons. The van der Waals surface area contributed by atoms with Crippen LogP contribution in [0.4, 0.5) is 5.69 Å². The molecule has 1 aliphatic rings. The summed E-state index contributed by atoms with van der Waals surface area (Å²) < 4.78 is 0. The van der Waals surface area contributed by atoms with Gasteiger partial charge in [-0.1, -0.05) is 30.0 Å². The van der Waals surface area contributed by atoms with E-state index in [2.05, 4.69) is 43.1 Å². The minimum atomic E-state index is 1.03. The Balaban J connectivity index is 2.33. The first-order chi connectivity index (χ1) is 6.77. The second-order valence-corrected chi connectivity index (χ2v) is 3.48. The van der Waals surface area contributed by atoms with Gasteiger partial charge in [0, 0.05) is 5.69 Å². The molecule has 0 aliphatic heterocycles. The number of anilines is 1. The molecule has 0 unspecified atom stereocenters. The Morgan fingerprint density at radius 3 is 2.43 bits per heavy atom. The van der Waals surface area contributed by atoms with E-state index in [0.717, 1.165) is 5.70 Å². The maximum absolute atomic E-state index is 3.36. The third kappa shape index (κ3) is 1.63. The third-order valence-electron chi connectivity index (χ3n) is 2.34. The van der Waals surface area contributed by atoms with Crippen molar-refractivity contribution in [3.8, 4) is 0 Å². The van der Waals surface area contributed by atoms with Crippen molar-refractivity contribution in [1.82, 2.24) is 0 Å². The molecular weight excluding hydrogens is 170 g/mol. The van der Waals surface area contributed by atoms with Gasteiger partial charge < -0.3 is 5.32 Å². The Hall–Kier alpha value is -1.72. The topological polar surface area (TPSA) is 12.0 Å². The van der Waals surface area contributed by atoms with E-state index in [-0.39, 0.29) is 0 Å². The van der Waals surface area contributed by atoms with Crippen molar-refractivity contribution in [2.75, 3.05) is 5.32 Å². The van der Waals surface area contributed by atoms with Gasteiger partial charge >= 0.3 is 0 Å². The molecule has 0 saturated carbocycles. The van der Waals surface area contributed by atoms with Crippen LogP contribution in [0.25, 0.3) is 0 Å². The van der Waals surface area contributed by atoms with Crippen LogP contribution in [-0.2, 0) is 0 Å². The van der Waals surface area contributed by atoms with Crippen LogP contribution in [0, 0.1) is 13.8 Å². The molecule has 0 heterocycles. The quantitative estimate of drug-likeness (QED) is 0.693. The molecule has 14 heavy (non-hydrogen) atoms. The van der Waals surface area contributed by atoms with Crippen molar-refractivity contribution in [1.29, 1.82) is 0 Å². The van der Waals surface area contributed by atoms with Crippen LogP contribution in [0.15, 0.2) is 47.9 Å². The maximum atomic E-state index is 3.36. The smallest absolute Gasteiger partial charge is 0.0818 e. The molecule has 0 bridgehead atoms. The minimum absolute atomic E-state index is 1.03. The number of nitrogens with one attached hydrogen (secondary N) is 1. The largest absolute Gasteiger partial charge is 0.349 e. The summed E-state index contributed by atoms with van der Waals surface area (Å²) in [4.78, 5) is 0. The summed E-state index contributed by atoms with van der Waals surface area (Å²) >= 11 is 0. The van der Waals surface area contributed by atoms with Gasteiger partial charge in [0.05, 0.1) is 5.70 Å². The van der Waals surface area contributed by atoms with Crippen LogP contribution in [-0.4, -0.2) is 0 Å². The molecule has 1 heteroatoms. The monoisotopic (exact) mass is 183 g/mol. The summed E-state index contributed by atoms with van der Waals surface area (Å²) in [7, 11) is 0. The van der Waals surface area contributed by atoms with Crippen molar-refractivity contribution in [2.45, 2.75) is 13.8 Å². The van der Waals surface area contributed by atoms with Gasteiger partial charge in [-0.3, -0.25) is 0 Å². The molecular formula is C13H13N. The molecule has 1 nitrogen and oxygen atoms in total. The zero-order valence-corrected chi connectivity index (χ0v) is 8.46. The third-order valence-corrected chi connectivity index (χ3v) is 2.34. The summed E-state index contributed by atoms with van der Waals surface area (Å²) in [5.74, 6) is 0.